The normalized spacial score (nSPS) is 14.1. The van der Waals surface area contributed by atoms with E-state index in [-0.39, 0.29) is 23.2 Å². The average Bonchev–Trinajstić information content (AvgIpc) is 3.31. The maximum absolute atomic E-state index is 15.0. The molecule has 0 unspecified atom stereocenters. The van der Waals surface area contributed by atoms with Crippen molar-refractivity contribution in [2.75, 3.05) is 48.8 Å². The molecule has 8 nitrogen and oxygen atoms in total. The Balaban J connectivity index is 1.42. The summed E-state index contributed by atoms with van der Waals surface area (Å²) in [5.74, 6) is -2.06. The number of hydrogen-bond donors (Lipinski definition) is 3. The maximum Gasteiger partial charge on any atom is 0.247 e. The van der Waals surface area contributed by atoms with Crippen LogP contribution in [0.2, 0.25) is 0 Å². The molecule has 1 saturated heterocycles. The molecule has 36 heavy (non-hydrogen) atoms. The van der Waals surface area contributed by atoms with Crippen LogP contribution in [0.15, 0.2) is 61.4 Å². The number of H-pyrrole nitrogens is 1. The molecule has 1 aliphatic heterocycles. The van der Waals surface area contributed by atoms with Gasteiger partial charge in [0.1, 0.15) is 5.52 Å². The highest BCUT2D eigenvalue weighted by molar-refractivity contribution is 6.00. The highest BCUT2D eigenvalue weighted by Crippen LogP contribution is 2.32. The highest BCUT2D eigenvalue weighted by Gasteiger charge is 2.22. The summed E-state index contributed by atoms with van der Waals surface area (Å²) < 4.78 is 29.9. The molecule has 0 saturated carbocycles. The van der Waals surface area contributed by atoms with Crippen molar-refractivity contribution in [3.05, 3.63) is 73.1 Å². The Morgan fingerprint density at radius 1 is 1.14 bits per heavy atom. The molecule has 1 fully saturated rings. The maximum atomic E-state index is 15.0. The van der Waals surface area contributed by atoms with Gasteiger partial charge in [0.2, 0.25) is 11.9 Å². The molecule has 4 aromatic rings. The second kappa shape index (κ2) is 9.74. The lowest BCUT2D eigenvalue weighted by molar-refractivity contribution is -0.111. The van der Waals surface area contributed by atoms with Crippen molar-refractivity contribution in [2.24, 2.45) is 0 Å². The summed E-state index contributed by atoms with van der Waals surface area (Å²) >= 11 is 0. The van der Waals surface area contributed by atoms with Gasteiger partial charge in [-0.2, -0.15) is 0 Å². The van der Waals surface area contributed by atoms with Crippen LogP contribution < -0.4 is 15.5 Å². The molecule has 1 amide bonds. The molecular formula is C26H25F2N7O. The lowest BCUT2D eigenvalue weighted by Crippen LogP contribution is -2.44. The summed E-state index contributed by atoms with van der Waals surface area (Å²) in [5.41, 5.74) is 3.65. The molecule has 0 spiro atoms. The summed E-state index contributed by atoms with van der Waals surface area (Å²) in [6, 6.07) is 10.4. The number of anilines is 4. The molecule has 0 bridgehead atoms. The lowest BCUT2D eigenvalue weighted by atomic mass is 10.1. The number of amides is 1. The predicted molar refractivity (Wildman–Crippen MR) is 138 cm³/mol. The molecule has 1 aliphatic rings. The number of hydrogen-bond acceptors (Lipinski definition) is 6. The summed E-state index contributed by atoms with van der Waals surface area (Å²) in [6.45, 7) is 6.31. The summed E-state index contributed by atoms with van der Waals surface area (Å²) in [6.07, 6.45) is 4.55. The van der Waals surface area contributed by atoms with Crippen LogP contribution >= 0.6 is 0 Å². The third kappa shape index (κ3) is 4.63. The number of likely N-dealkylation sites (N-methyl/N-ethyl adjacent to an activating group) is 1. The third-order valence-electron chi connectivity index (χ3n) is 6.19. The minimum atomic E-state index is -0.977. The van der Waals surface area contributed by atoms with Gasteiger partial charge >= 0.3 is 0 Å². The number of nitrogens with one attached hydrogen (secondary N) is 3. The first kappa shape index (κ1) is 23.4. The van der Waals surface area contributed by atoms with Crippen LogP contribution in [0.3, 0.4) is 0 Å². The largest absolute Gasteiger partial charge is 0.367 e. The van der Waals surface area contributed by atoms with Gasteiger partial charge in [0.05, 0.1) is 23.1 Å². The molecule has 2 aromatic carbocycles. The van der Waals surface area contributed by atoms with E-state index in [1.165, 1.54) is 12.1 Å². The molecular weight excluding hydrogens is 464 g/mol. The van der Waals surface area contributed by atoms with Crippen LogP contribution in [0.25, 0.3) is 22.2 Å². The fraction of sp³-hybridized carbons (Fsp3) is 0.192. The van der Waals surface area contributed by atoms with Gasteiger partial charge in [0.25, 0.3) is 0 Å². The number of aromatic amines is 1. The van der Waals surface area contributed by atoms with Crippen molar-refractivity contribution >= 4 is 40.0 Å². The van der Waals surface area contributed by atoms with Crippen molar-refractivity contribution in [1.29, 1.82) is 0 Å². The van der Waals surface area contributed by atoms with Crippen molar-refractivity contribution in [3.63, 3.8) is 0 Å². The Hall–Kier alpha value is -4.31. The van der Waals surface area contributed by atoms with Crippen LogP contribution in [0.1, 0.15) is 0 Å². The number of fused-ring (bicyclic) bond motifs is 1. The molecule has 2 aromatic heterocycles. The van der Waals surface area contributed by atoms with Crippen molar-refractivity contribution in [1.82, 2.24) is 19.9 Å². The Kier molecular flexibility index (Phi) is 6.34. The van der Waals surface area contributed by atoms with E-state index in [1.54, 1.807) is 24.5 Å². The molecule has 0 aliphatic carbocycles. The van der Waals surface area contributed by atoms with E-state index >= 15 is 0 Å². The van der Waals surface area contributed by atoms with Crippen LogP contribution in [0, 0.1) is 11.6 Å². The first-order valence-corrected chi connectivity index (χ1v) is 11.5. The molecule has 10 heteroatoms. The van der Waals surface area contributed by atoms with E-state index in [0.717, 1.165) is 24.2 Å². The quantitative estimate of drug-likeness (QED) is 0.345. The number of carbonyl (C=O) groups excluding carboxylic acids is 1. The van der Waals surface area contributed by atoms with Crippen LogP contribution in [0.5, 0.6) is 0 Å². The Labute approximate surface area is 206 Å². The number of nitrogens with zero attached hydrogens (tertiary/aromatic N) is 4. The van der Waals surface area contributed by atoms with Crippen molar-refractivity contribution in [2.45, 2.75) is 0 Å². The van der Waals surface area contributed by atoms with Crippen molar-refractivity contribution < 1.29 is 13.6 Å². The van der Waals surface area contributed by atoms with Gasteiger partial charge in [-0.05, 0) is 43.0 Å². The average molecular weight is 490 g/mol. The first-order chi connectivity index (χ1) is 17.4. The topological polar surface area (TPSA) is 89.2 Å². The minimum Gasteiger partial charge on any atom is -0.367 e. The number of halogens is 2. The van der Waals surface area contributed by atoms with E-state index in [2.05, 4.69) is 37.1 Å². The zero-order chi connectivity index (χ0) is 25.2. The summed E-state index contributed by atoms with van der Waals surface area (Å²) in [5, 5.41) is 5.54. The summed E-state index contributed by atoms with van der Waals surface area (Å²) in [7, 11) is 2.01. The van der Waals surface area contributed by atoms with Gasteiger partial charge in [-0.15, -0.1) is 0 Å². The summed E-state index contributed by atoms with van der Waals surface area (Å²) in [4.78, 5) is 27.6. The zero-order valence-electron chi connectivity index (χ0n) is 19.7. The van der Waals surface area contributed by atoms with E-state index in [0.29, 0.717) is 29.8 Å². The number of piperazine rings is 1. The number of benzene rings is 2. The second-order valence-electron chi connectivity index (χ2n) is 8.61. The monoisotopic (exact) mass is 489 g/mol. The van der Waals surface area contributed by atoms with Crippen molar-refractivity contribution in [3.8, 4) is 11.1 Å². The fourth-order valence-electron chi connectivity index (χ4n) is 4.20. The van der Waals surface area contributed by atoms with Gasteiger partial charge in [-0.25, -0.2) is 18.7 Å². The SMILES string of the molecule is C=CC(=O)Nc1cccc(-c2c[nH]c3cnc(Nc4ccc(N5CCN(C)CC5)c(F)c4F)nc23)c1. The highest BCUT2D eigenvalue weighted by atomic mass is 19.2. The molecule has 5 rings (SSSR count). The first-order valence-electron chi connectivity index (χ1n) is 11.5. The van der Waals surface area contributed by atoms with E-state index in [9.17, 15) is 13.6 Å². The third-order valence-corrected chi connectivity index (χ3v) is 6.19. The van der Waals surface area contributed by atoms with Gasteiger partial charge < -0.3 is 25.4 Å². The van der Waals surface area contributed by atoms with E-state index in [4.69, 9.17) is 0 Å². The van der Waals surface area contributed by atoms with Gasteiger partial charge in [0, 0.05) is 43.6 Å². The lowest BCUT2D eigenvalue weighted by Gasteiger charge is -2.34. The molecule has 3 N–H and O–H groups in total. The smallest absolute Gasteiger partial charge is 0.247 e. The van der Waals surface area contributed by atoms with E-state index < -0.39 is 11.6 Å². The Morgan fingerprint density at radius 3 is 2.72 bits per heavy atom. The van der Waals surface area contributed by atoms with Crippen LogP contribution in [-0.4, -0.2) is 59.0 Å². The molecule has 3 heterocycles. The van der Waals surface area contributed by atoms with Gasteiger partial charge in [-0.3, -0.25) is 4.79 Å². The van der Waals surface area contributed by atoms with Crippen LogP contribution in [-0.2, 0) is 4.79 Å². The standard InChI is InChI=1S/C26H25F2N7O/c1-3-22(36)31-17-6-4-5-16(13-17)18-14-29-20-15-30-26(33-25(18)20)32-19-7-8-21(24(28)23(19)27)35-11-9-34(2)10-12-35/h3-8,13-15,29H,1,9-12H2,2H3,(H,31,36)(H,30,32,33). The molecule has 0 radical (unpaired) electrons. The number of aromatic nitrogens is 3. The Bertz CT molecular complexity index is 1440. The van der Waals surface area contributed by atoms with Gasteiger partial charge in [-0.1, -0.05) is 18.7 Å². The van der Waals surface area contributed by atoms with Gasteiger partial charge in [0.15, 0.2) is 11.6 Å². The second-order valence-corrected chi connectivity index (χ2v) is 8.61. The number of carbonyl (C=O) groups is 1. The zero-order valence-corrected chi connectivity index (χ0v) is 19.7. The number of rotatable bonds is 6. The molecule has 0 atom stereocenters. The minimum absolute atomic E-state index is 0.0454. The molecule has 184 valence electrons. The van der Waals surface area contributed by atoms with Crippen LogP contribution in [0.4, 0.5) is 31.8 Å². The Morgan fingerprint density at radius 2 is 1.94 bits per heavy atom. The fourth-order valence-corrected chi connectivity index (χ4v) is 4.20. The predicted octanol–water partition coefficient (Wildman–Crippen LogP) is 4.52. The van der Waals surface area contributed by atoms with E-state index in [1.807, 2.05) is 30.1 Å².